The molecule has 11 heteroatoms. The highest BCUT2D eigenvalue weighted by Gasteiger charge is 2.33. The van der Waals surface area contributed by atoms with E-state index >= 15 is 0 Å². The lowest BCUT2D eigenvalue weighted by atomic mass is 10.1. The fraction of sp³-hybridized carbons (Fsp3) is 0.188. The van der Waals surface area contributed by atoms with Gasteiger partial charge in [0.2, 0.25) is 0 Å². The average molecular weight is 422 g/mol. The summed E-state index contributed by atoms with van der Waals surface area (Å²) in [6, 6.07) is 6.69. The van der Waals surface area contributed by atoms with Crippen molar-refractivity contribution in [1.29, 1.82) is 0 Å². The number of halogens is 5. The highest BCUT2D eigenvalue weighted by atomic mass is 35.5. The Balaban J connectivity index is 2.00. The molecule has 0 aliphatic rings. The maximum atomic E-state index is 12.7. The van der Waals surface area contributed by atoms with Gasteiger partial charge in [0.05, 0.1) is 26.1 Å². The SMILES string of the molecule is O=C(NCCNc1ccc(C(F)(F)F)cc1[N+](=O)[O-])c1cccc(Cl)c1Cl. The van der Waals surface area contributed by atoms with Crippen LogP contribution >= 0.6 is 23.2 Å². The van der Waals surface area contributed by atoms with Crippen LogP contribution in [0.15, 0.2) is 36.4 Å². The predicted molar refractivity (Wildman–Crippen MR) is 95.4 cm³/mol. The van der Waals surface area contributed by atoms with E-state index in [0.29, 0.717) is 6.07 Å². The van der Waals surface area contributed by atoms with Gasteiger partial charge in [-0.3, -0.25) is 14.9 Å². The number of hydrogen-bond acceptors (Lipinski definition) is 4. The molecular formula is C16H12Cl2F3N3O3. The number of nitro benzene ring substituents is 1. The van der Waals surface area contributed by atoms with E-state index in [2.05, 4.69) is 10.6 Å². The molecule has 2 aromatic carbocycles. The van der Waals surface area contributed by atoms with Crippen molar-refractivity contribution in [1.82, 2.24) is 5.32 Å². The smallest absolute Gasteiger partial charge is 0.378 e. The van der Waals surface area contributed by atoms with Crippen molar-refractivity contribution >= 4 is 40.5 Å². The number of carbonyl (C=O) groups is 1. The van der Waals surface area contributed by atoms with Crippen LogP contribution in [0, 0.1) is 10.1 Å². The first kappa shape index (κ1) is 20.8. The van der Waals surface area contributed by atoms with Crippen molar-refractivity contribution in [3.63, 3.8) is 0 Å². The van der Waals surface area contributed by atoms with E-state index in [1.807, 2.05) is 0 Å². The second-order valence-corrected chi connectivity index (χ2v) is 6.06. The monoisotopic (exact) mass is 421 g/mol. The summed E-state index contributed by atoms with van der Waals surface area (Å²) in [7, 11) is 0. The minimum atomic E-state index is -4.69. The zero-order chi connectivity index (χ0) is 20.2. The number of nitrogens with zero attached hydrogens (tertiary/aromatic N) is 1. The number of amides is 1. The summed E-state index contributed by atoms with van der Waals surface area (Å²) in [5.74, 6) is -0.508. The van der Waals surface area contributed by atoms with Crippen molar-refractivity contribution in [2.75, 3.05) is 18.4 Å². The van der Waals surface area contributed by atoms with Crippen molar-refractivity contribution in [3.05, 3.63) is 67.7 Å². The number of benzene rings is 2. The summed E-state index contributed by atoms with van der Waals surface area (Å²) in [5, 5.41) is 16.4. The van der Waals surface area contributed by atoms with Crippen LogP contribution in [-0.2, 0) is 6.18 Å². The Morgan fingerprint density at radius 2 is 1.85 bits per heavy atom. The van der Waals surface area contributed by atoms with Crippen LogP contribution in [0.25, 0.3) is 0 Å². The molecule has 2 aromatic rings. The van der Waals surface area contributed by atoms with E-state index in [1.54, 1.807) is 6.07 Å². The highest BCUT2D eigenvalue weighted by molar-refractivity contribution is 6.43. The highest BCUT2D eigenvalue weighted by Crippen LogP contribution is 2.34. The van der Waals surface area contributed by atoms with Crippen LogP contribution in [0.3, 0.4) is 0 Å². The molecule has 0 saturated carbocycles. The van der Waals surface area contributed by atoms with E-state index in [9.17, 15) is 28.1 Å². The van der Waals surface area contributed by atoms with Gasteiger partial charge in [-0.25, -0.2) is 0 Å². The molecule has 144 valence electrons. The summed E-state index contributed by atoms with van der Waals surface area (Å²) in [6.45, 7) is 0.0793. The van der Waals surface area contributed by atoms with Gasteiger partial charge in [0.1, 0.15) is 5.69 Å². The first-order valence-electron chi connectivity index (χ1n) is 7.43. The number of rotatable bonds is 6. The molecule has 0 fully saturated rings. The van der Waals surface area contributed by atoms with Crippen LogP contribution < -0.4 is 10.6 Å². The summed E-state index contributed by atoms with van der Waals surface area (Å²) in [5.41, 5.74) is -1.77. The molecule has 0 bridgehead atoms. The summed E-state index contributed by atoms with van der Waals surface area (Å²) >= 11 is 11.8. The molecule has 0 saturated heterocycles. The minimum Gasteiger partial charge on any atom is -0.378 e. The first-order valence-corrected chi connectivity index (χ1v) is 8.18. The molecule has 0 unspecified atom stereocenters. The Bertz CT molecular complexity index is 876. The molecule has 0 aromatic heterocycles. The fourth-order valence-electron chi connectivity index (χ4n) is 2.16. The molecule has 0 heterocycles. The van der Waals surface area contributed by atoms with Crippen molar-refractivity contribution in [3.8, 4) is 0 Å². The lowest BCUT2D eigenvalue weighted by Gasteiger charge is -2.11. The van der Waals surface area contributed by atoms with Crippen molar-refractivity contribution in [2.45, 2.75) is 6.18 Å². The number of nitro groups is 1. The Morgan fingerprint density at radius 1 is 1.15 bits per heavy atom. The largest absolute Gasteiger partial charge is 0.416 e. The van der Waals surface area contributed by atoms with Gasteiger partial charge in [-0.2, -0.15) is 13.2 Å². The van der Waals surface area contributed by atoms with Crippen molar-refractivity contribution < 1.29 is 22.9 Å². The van der Waals surface area contributed by atoms with Crippen LogP contribution in [0.1, 0.15) is 15.9 Å². The topological polar surface area (TPSA) is 84.3 Å². The van der Waals surface area contributed by atoms with Gasteiger partial charge >= 0.3 is 6.18 Å². The molecule has 2 rings (SSSR count). The number of anilines is 1. The Morgan fingerprint density at radius 3 is 2.48 bits per heavy atom. The van der Waals surface area contributed by atoms with Crippen LogP contribution in [0.2, 0.25) is 10.0 Å². The van der Waals surface area contributed by atoms with Gasteiger partial charge in [0, 0.05) is 19.2 Å². The van der Waals surface area contributed by atoms with Gasteiger partial charge in [0.25, 0.3) is 11.6 Å². The summed E-state index contributed by atoms with van der Waals surface area (Å²) < 4.78 is 38.0. The zero-order valence-electron chi connectivity index (χ0n) is 13.4. The molecule has 0 aliphatic carbocycles. The zero-order valence-corrected chi connectivity index (χ0v) is 15.0. The third-order valence-electron chi connectivity index (χ3n) is 3.44. The Labute approximate surface area is 161 Å². The van der Waals surface area contributed by atoms with E-state index in [0.717, 1.165) is 12.1 Å². The van der Waals surface area contributed by atoms with Gasteiger partial charge in [0.15, 0.2) is 0 Å². The normalized spacial score (nSPS) is 11.1. The number of nitrogens with one attached hydrogen (secondary N) is 2. The van der Waals surface area contributed by atoms with Gasteiger partial charge in [-0.15, -0.1) is 0 Å². The molecule has 0 atom stereocenters. The second kappa shape index (κ2) is 8.45. The van der Waals surface area contributed by atoms with Crippen LogP contribution in [0.4, 0.5) is 24.5 Å². The molecule has 2 N–H and O–H groups in total. The first-order chi connectivity index (χ1) is 12.6. The lowest BCUT2D eigenvalue weighted by Crippen LogP contribution is -2.29. The van der Waals surface area contributed by atoms with Gasteiger partial charge in [-0.1, -0.05) is 29.3 Å². The Hall–Kier alpha value is -2.52. The number of alkyl halides is 3. The van der Waals surface area contributed by atoms with E-state index in [1.165, 1.54) is 12.1 Å². The maximum Gasteiger partial charge on any atom is 0.416 e. The fourth-order valence-corrected chi connectivity index (χ4v) is 2.54. The summed E-state index contributed by atoms with van der Waals surface area (Å²) in [4.78, 5) is 22.1. The van der Waals surface area contributed by atoms with Crippen LogP contribution in [0.5, 0.6) is 0 Å². The molecule has 0 radical (unpaired) electrons. The van der Waals surface area contributed by atoms with E-state index in [4.69, 9.17) is 23.2 Å². The molecule has 1 amide bonds. The van der Waals surface area contributed by atoms with Gasteiger partial charge < -0.3 is 10.6 Å². The summed E-state index contributed by atoms with van der Waals surface area (Å²) in [6.07, 6.45) is -4.69. The van der Waals surface area contributed by atoms with Gasteiger partial charge in [-0.05, 0) is 24.3 Å². The van der Waals surface area contributed by atoms with Crippen LogP contribution in [-0.4, -0.2) is 23.9 Å². The van der Waals surface area contributed by atoms with E-state index < -0.39 is 28.3 Å². The molecule has 27 heavy (non-hydrogen) atoms. The maximum absolute atomic E-state index is 12.7. The molecule has 0 aliphatic heterocycles. The third-order valence-corrected chi connectivity index (χ3v) is 4.26. The number of carbonyl (C=O) groups excluding carboxylic acids is 1. The molecule has 0 spiro atoms. The molecular weight excluding hydrogens is 410 g/mol. The average Bonchev–Trinajstić information content (AvgIpc) is 2.59. The van der Waals surface area contributed by atoms with Crippen molar-refractivity contribution in [2.24, 2.45) is 0 Å². The third kappa shape index (κ3) is 5.24. The standard InChI is InChI=1S/C16H12Cl2F3N3O3/c17-11-3-1-2-10(14(11)18)15(25)23-7-6-22-12-5-4-9(16(19,20)21)8-13(12)24(26)27/h1-5,8,22H,6-7H2,(H,23,25). The quantitative estimate of drug-likeness (QED) is 0.400. The minimum absolute atomic E-state index is 0.0378. The number of hydrogen-bond donors (Lipinski definition) is 2. The predicted octanol–water partition coefficient (Wildman–Crippen LogP) is 4.76. The molecule has 6 nitrogen and oxygen atoms in total. The second-order valence-electron chi connectivity index (χ2n) is 5.27. The lowest BCUT2D eigenvalue weighted by molar-refractivity contribution is -0.384. The van der Waals surface area contributed by atoms with E-state index in [-0.39, 0.29) is 34.4 Å². The Kier molecular flexibility index (Phi) is 6.50.